The molecule has 0 unspecified atom stereocenters. The fourth-order valence-corrected chi connectivity index (χ4v) is 4.43. The molecule has 2 aliphatic heterocycles. The first-order chi connectivity index (χ1) is 15.2. The molecule has 32 heavy (non-hydrogen) atoms. The lowest BCUT2D eigenvalue weighted by Gasteiger charge is -2.24. The summed E-state index contributed by atoms with van der Waals surface area (Å²) in [7, 11) is 0. The average molecular weight is 450 g/mol. The molecule has 0 amide bonds. The van der Waals surface area contributed by atoms with Gasteiger partial charge in [0.1, 0.15) is 12.2 Å². The van der Waals surface area contributed by atoms with Crippen molar-refractivity contribution in [3.8, 4) is 0 Å². The highest BCUT2D eigenvalue weighted by Gasteiger charge is 2.58. The van der Waals surface area contributed by atoms with Crippen LogP contribution < -0.4 is 11.2 Å². The van der Waals surface area contributed by atoms with Crippen molar-refractivity contribution in [3.63, 3.8) is 0 Å². The third-order valence-electron chi connectivity index (χ3n) is 5.96. The van der Waals surface area contributed by atoms with Crippen LogP contribution in [0.3, 0.4) is 0 Å². The van der Waals surface area contributed by atoms with Gasteiger partial charge in [0.05, 0.1) is 6.33 Å². The second-order valence-electron chi connectivity index (χ2n) is 8.77. The number of unbranched alkanes of at least 4 members (excludes halogenated alkanes) is 2. The summed E-state index contributed by atoms with van der Waals surface area (Å²) in [5.41, 5.74) is -0.399. The van der Waals surface area contributed by atoms with Crippen molar-refractivity contribution in [2.24, 2.45) is 0 Å². The first-order valence-corrected chi connectivity index (χ1v) is 11.1. The monoisotopic (exact) mass is 450 g/mol. The van der Waals surface area contributed by atoms with Gasteiger partial charge in [-0.3, -0.25) is 18.5 Å². The van der Waals surface area contributed by atoms with Crippen molar-refractivity contribution >= 4 is 17.1 Å². The van der Waals surface area contributed by atoms with Gasteiger partial charge in [0.15, 0.2) is 29.3 Å². The lowest BCUT2D eigenvalue weighted by molar-refractivity contribution is -0.202. The Labute approximate surface area is 184 Å². The van der Waals surface area contributed by atoms with E-state index in [-0.39, 0.29) is 16.9 Å². The van der Waals surface area contributed by atoms with Crippen LogP contribution in [0.5, 0.6) is 0 Å². The molecule has 2 aromatic heterocycles. The zero-order chi connectivity index (χ0) is 23.2. The Bertz CT molecular complexity index is 1130. The molecule has 11 nitrogen and oxygen atoms in total. The van der Waals surface area contributed by atoms with Gasteiger partial charge in [0.2, 0.25) is 0 Å². The second-order valence-corrected chi connectivity index (χ2v) is 8.77. The lowest BCUT2D eigenvalue weighted by Crippen LogP contribution is -2.41. The Morgan fingerprint density at radius 3 is 2.34 bits per heavy atom. The molecule has 0 aromatic carbocycles. The fourth-order valence-electron chi connectivity index (χ4n) is 4.43. The summed E-state index contributed by atoms with van der Waals surface area (Å²) in [5.74, 6) is -2.17. The van der Waals surface area contributed by atoms with E-state index in [1.165, 1.54) is 20.0 Å². The summed E-state index contributed by atoms with van der Waals surface area (Å²) in [5, 5.41) is 9.64. The van der Waals surface area contributed by atoms with Crippen LogP contribution in [0, 0.1) is 0 Å². The average Bonchev–Trinajstić information content (AvgIpc) is 3.38. The van der Waals surface area contributed by atoms with Gasteiger partial charge in [0, 0.05) is 13.1 Å². The Kier molecular flexibility index (Phi) is 5.99. The SMILES string of the molecule is CCCCn1c(=O)c2c(ncn2[C@@H]2O[C@H](C(=O)O)[C@H]3OC(C)(C)O[C@H]32)n(CCCC)c1=O. The first kappa shape index (κ1) is 22.7. The van der Waals surface area contributed by atoms with Crippen molar-refractivity contribution in [1.82, 2.24) is 18.7 Å². The van der Waals surface area contributed by atoms with Crippen LogP contribution in [0.2, 0.25) is 0 Å². The lowest BCUT2D eigenvalue weighted by atomic mass is 10.1. The van der Waals surface area contributed by atoms with Crippen molar-refractivity contribution in [2.45, 2.75) is 96.8 Å². The quantitative estimate of drug-likeness (QED) is 0.640. The summed E-state index contributed by atoms with van der Waals surface area (Å²) in [6.07, 6.45) is 0.784. The number of aromatic nitrogens is 4. The van der Waals surface area contributed by atoms with E-state index in [0.717, 1.165) is 19.3 Å². The predicted molar refractivity (Wildman–Crippen MR) is 113 cm³/mol. The molecule has 0 aliphatic carbocycles. The minimum absolute atomic E-state index is 0.194. The molecule has 2 aromatic rings. The highest BCUT2D eigenvalue weighted by atomic mass is 16.8. The highest BCUT2D eigenvalue weighted by Crippen LogP contribution is 2.43. The molecule has 2 aliphatic rings. The van der Waals surface area contributed by atoms with Crippen LogP contribution in [0.4, 0.5) is 0 Å². The number of nitrogens with zero attached hydrogens (tertiary/aromatic N) is 4. The molecule has 2 fully saturated rings. The van der Waals surface area contributed by atoms with Gasteiger partial charge in [-0.15, -0.1) is 0 Å². The minimum Gasteiger partial charge on any atom is -0.479 e. The number of hydrogen-bond donors (Lipinski definition) is 1. The third-order valence-corrected chi connectivity index (χ3v) is 5.96. The minimum atomic E-state index is -1.25. The van der Waals surface area contributed by atoms with Crippen LogP contribution in [0.25, 0.3) is 11.2 Å². The maximum atomic E-state index is 13.4. The number of rotatable bonds is 8. The van der Waals surface area contributed by atoms with Gasteiger partial charge in [0.25, 0.3) is 5.56 Å². The van der Waals surface area contributed by atoms with E-state index in [1.807, 2.05) is 13.8 Å². The number of aryl methyl sites for hydroxylation is 1. The molecule has 2 saturated heterocycles. The maximum absolute atomic E-state index is 13.4. The van der Waals surface area contributed by atoms with Gasteiger partial charge in [-0.05, 0) is 26.7 Å². The van der Waals surface area contributed by atoms with Crippen LogP contribution in [0.15, 0.2) is 15.9 Å². The van der Waals surface area contributed by atoms with Crippen LogP contribution in [-0.2, 0) is 32.1 Å². The topological polar surface area (TPSA) is 127 Å². The summed E-state index contributed by atoms with van der Waals surface area (Å²) in [6.45, 7) is 8.13. The Balaban J connectivity index is 1.87. The van der Waals surface area contributed by atoms with E-state index >= 15 is 0 Å². The summed E-state index contributed by atoms with van der Waals surface area (Å²) in [6, 6.07) is 0. The molecule has 0 saturated carbocycles. The fraction of sp³-hybridized carbons (Fsp3) is 0.714. The number of carbonyl (C=O) groups is 1. The molecule has 4 rings (SSSR count). The number of carboxylic acid groups (broad SMARTS) is 1. The van der Waals surface area contributed by atoms with Gasteiger partial charge in [-0.2, -0.15) is 0 Å². The van der Waals surface area contributed by atoms with Crippen molar-refractivity contribution in [2.75, 3.05) is 0 Å². The predicted octanol–water partition coefficient (Wildman–Crippen LogP) is 1.46. The third kappa shape index (κ3) is 3.67. The van der Waals surface area contributed by atoms with E-state index in [0.29, 0.717) is 19.5 Å². The molecule has 11 heteroatoms. The van der Waals surface area contributed by atoms with E-state index in [2.05, 4.69) is 4.98 Å². The number of imidazole rings is 1. The smallest absolute Gasteiger partial charge is 0.335 e. The molecule has 0 radical (unpaired) electrons. The molecule has 176 valence electrons. The zero-order valence-corrected chi connectivity index (χ0v) is 18.8. The molecular weight excluding hydrogens is 420 g/mol. The highest BCUT2D eigenvalue weighted by molar-refractivity contribution is 5.74. The van der Waals surface area contributed by atoms with E-state index < -0.39 is 41.9 Å². The van der Waals surface area contributed by atoms with E-state index in [4.69, 9.17) is 14.2 Å². The Morgan fingerprint density at radius 2 is 1.72 bits per heavy atom. The van der Waals surface area contributed by atoms with Crippen molar-refractivity contribution < 1.29 is 24.1 Å². The van der Waals surface area contributed by atoms with Gasteiger partial charge < -0.3 is 19.3 Å². The molecule has 0 spiro atoms. The molecule has 4 atom stereocenters. The molecule has 0 bridgehead atoms. The number of hydrogen-bond acceptors (Lipinski definition) is 7. The van der Waals surface area contributed by atoms with Gasteiger partial charge in [-0.1, -0.05) is 26.7 Å². The Hall–Kier alpha value is -2.50. The normalized spacial score (nSPS) is 26.6. The molecule has 1 N–H and O–H groups in total. The largest absolute Gasteiger partial charge is 0.479 e. The van der Waals surface area contributed by atoms with Crippen LogP contribution in [0.1, 0.15) is 59.6 Å². The number of carboxylic acids is 1. The van der Waals surface area contributed by atoms with Crippen molar-refractivity contribution in [1.29, 1.82) is 0 Å². The number of aliphatic carboxylic acids is 1. The van der Waals surface area contributed by atoms with Gasteiger partial charge in [-0.25, -0.2) is 14.6 Å². The maximum Gasteiger partial charge on any atom is 0.335 e. The van der Waals surface area contributed by atoms with E-state index in [9.17, 15) is 19.5 Å². The zero-order valence-electron chi connectivity index (χ0n) is 18.8. The molecular formula is C21H30N4O7. The first-order valence-electron chi connectivity index (χ1n) is 11.1. The molecule has 4 heterocycles. The summed E-state index contributed by atoms with van der Waals surface area (Å²) < 4.78 is 21.8. The van der Waals surface area contributed by atoms with E-state index in [1.54, 1.807) is 13.8 Å². The summed E-state index contributed by atoms with van der Waals surface area (Å²) >= 11 is 0. The van der Waals surface area contributed by atoms with Crippen LogP contribution >= 0.6 is 0 Å². The second kappa shape index (κ2) is 8.45. The number of fused-ring (bicyclic) bond motifs is 2. The van der Waals surface area contributed by atoms with Gasteiger partial charge >= 0.3 is 11.7 Å². The van der Waals surface area contributed by atoms with Crippen molar-refractivity contribution in [3.05, 3.63) is 27.2 Å². The standard InChI is InChI=1S/C21H30N4O7/c1-5-7-9-23-16-12(17(26)24(20(23)29)10-8-6-2)25(11-22-16)18-14-13(15(30-18)19(27)28)31-21(3,4)32-14/h11,13-15,18H,5-10H2,1-4H3,(H,27,28)/t13-,14+,15-,18+/m0/s1. The summed E-state index contributed by atoms with van der Waals surface area (Å²) in [4.78, 5) is 42.6. The van der Waals surface area contributed by atoms with Crippen LogP contribution in [-0.4, -0.2) is 53.9 Å². The Morgan fingerprint density at radius 1 is 1.09 bits per heavy atom. The number of ether oxygens (including phenoxy) is 3.